The summed E-state index contributed by atoms with van der Waals surface area (Å²) in [7, 11) is 1.68. The lowest BCUT2D eigenvalue weighted by Gasteiger charge is -2.21. The molecule has 0 saturated carbocycles. The van der Waals surface area contributed by atoms with Gasteiger partial charge in [-0.3, -0.25) is 0 Å². The van der Waals surface area contributed by atoms with E-state index in [0.717, 1.165) is 30.2 Å². The van der Waals surface area contributed by atoms with Crippen LogP contribution < -0.4 is 10.1 Å². The van der Waals surface area contributed by atoms with E-state index in [1.165, 1.54) is 18.5 Å². The Balaban J connectivity index is 1.79. The molecule has 1 aromatic heterocycles. The summed E-state index contributed by atoms with van der Waals surface area (Å²) in [6, 6.07) is 7.98. The van der Waals surface area contributed by atoms with Crippen molar-refractivity contribution in [3.05, 3.63) is 36.2 Å². The fourth-order valence-corrected chi connectivity index (χ4v) is 2.57. The van der Waals surface area contributed by atoms with Gasteiger partial charge in [-0.1, -0.05) is 0 Å². The summed E-state index contributed by atoms with van der Waals surface area (Å²) < 4.78 is 5.17. The van der Waals surface area contributed by atoms with Gasteiger partial charge in [0.25, 0.3) is 0 Å². The van der Waals surface area contributed by atoms with Gasteiger partial charge in [0.2, 0.25) is 0 Å². The fourth-order valence-electron chi connectivity index (χ4n) is 2.57. The number of hydrogen-bond acceptors (Lipinski definition) is 3. The third-order valence-electron chi connectivity index (χ3n) is 3.74. The molecule has 1 aromatic carbocycles. The number of aromatic amines is 1. The van der Waals surface area contributed by atoms with Crippen molar-refractivity contribution < 1.29 is 4.74 Å². The zero-order valence-electron chi connectivity index (χ0n) is 11.1. The number of aromatic nitrogens is 2. The highest BCUT2D eigenvalue weighted by atomic mass is 16.5. The second kappa shape index (κ2) is 5.45. The van der Waals surface area contributed by atoms with Crippen LogP contribution in [0.25, 0.3) is 11.4 Å². The van der Waals surface area contributed by atoms with E-state index in [1.54, 1.807) is 7.11 Å². The molecule has 2 N–H and O–H groups in total. The van der Waals surface area contributed by atoms with Gasteiger partial charge in [0.05, 0.1) is 7.11 Å². The van der Waals surface area contributed by atoms with Gasteiger partial charge in [-0.25, -0.2) is 4.98 Å². The van der Waals surface area contributed by atoms with Gasteiger partial charge in [-0.2, -0.15) is 0 Å². The van der Waals surface area contributed by atoms with Crippen LogP contribution in [0.3, 0.4) is 0 Å². The summed E-state index contributed by atoms with van der Waals surface area (Å²) in [5.41, 5.74) is 2.35. The van der Waals surface area contributed by atoms with Crippen molar-refractivity contribution in [2.24, 2.45) is 0 Å². The number of H-pyrrole nitrogens is 1. The van der Waals surface area contributed by atoms with Gasteiger partial charge >= 0.3 is 0 Å². The summed E-state index contributed by atoms with van der Waals surface area (Å²) in [4.78, 5) is 7.96. The molecule has 0 spiro atoms. The average Bonchev–Trinajstić information content (AvgIpc) is 2.98. The first-order valence-corrected chi connectivity index (χ1v) is 6.77. The summed E-state index contributed by atoms with van der Waals surface area (Å²) >= 11 is 0. The zero-order valence-corrected chi connectivity index (χ0v) is 11.1. The van der Waals surface area contributed by atoms with Gasteiger partial charge in [0.15, 0.2) is 0 Å². The molecular weight excluding hydrogens is 238 g/mol. The number of nitrogens with one attached hydrogen (secondary N) is 2. The van der Waals surface area contributed by atoms with Crippen LogP contribution >= 0.6 is 0 Å². The van der Waals surface area contributed by atoms with Crippen LogP contribution in [0, 0.1) is 0 Å². The fraction of sp³-hybridized carbons (Fsp3) is 0.400. The molecular formula is C15H19N3O. The topological polar surface area (TPSA) is 49.9 Å². The molecule has 4 nitrogen and oxygen atoms in total. The van der Waals surface area contributed by atoms with Gasteiger partial charge < -0.3 is 15.0 Å². The largest absolute Gasteiger partial charge is 0.497 e. The van der Waals surface area contributed by atoms with Crippen molar-refractivity contribution >= 4 is 0 Å². The lowest BCUT2D eigenvalue weighted by atomic mass is 9.95. The van der Waals surface area contributed by atoms with Crippen molar-refractivity contribution in [1.29, 1.82) is 0 Å². The van der Waals surface area contributed by atoms with Gasteiger partial charge in [0.1, 0.15) is 11.6 Å². The Morgan fingerprint density at radius 2 is 1.89 bits per heavy atom. The highest BCUT2D eigenvalue weighted by molar-refractivity contribution is 5.56. The zero-order chi connectivity index (χ0) is 13.1. The number of benzene rings is 1. The lowest BCUT2D eigenvalue weighted by molar-refractivity contribution is 0.415. The predicted molar refractivity (Wildman–Crippen MR) is 75.4 cm³/mol. The lowest BCUT2D eigenvalue weighted by Crippen LogP contribution is -2.26. The van der Waals surface area contributed by atoms with E-state index < -0.39 is 0 Å². The smallest absolute Gasteiger partial charge is 0.137 e. The molecule has 0 unspecified atom stereocenters. The van der Waals surface area contributed by atoms with Crippen LogP contribution in [-0.2, 0) is 0 Å². The number of piperidine rings is 1. The Labute approximate surface area is 113 Å². The summed E-state index contributed by atoms with van der Waals surface area (Å²) in [5.74, 6) is 2.42. The molecule has 2 aromatic rings. The standard InChI is InChI=1S/C15H19N3O/c1-19-13-4-2-12(3-5-13)15-17-10-14(18-15)11-6-8-16-9-7-11/h2-5,10-11,16H,6-9H2,1H3,(H,17,18). The van der Waals surface area contributed by atoms with Crippen LogP contribution in [0.5, 0.6) is 5.75 Å². The third kappa shape index (κ3) is 2.63. The average molecular weight is 257 g/mol. The number of imidazole rings is 1. The second-order valence-electron chi connectivity index (χ2n) is 4.94. The summed E-state index contributed by atoms with van der Waals surface area (Å²) in [6.45, 7) is 2.20. The first-order chi connectivity index (χ1) is 9.36. The molecule has 19 heavy (non-hydrogen) atoms. The van der Waals surface area contributed by atoms with Crippen molar-refractivity contribution in [1.82, 2.24) is 15.3 Å². The van der Waals surface area contributed by atoms with Crippen LogP contribution in [0.2, 0.25) is 0 Å². The maximum absolute atomic E-state index is 5.17. The molecule has 0 radical (unpaired) electrons. The maximum Gasteiger partial charge on any atom is 0.137 e. The second-order valence-corrected chi connectivity index (χ2v) is 4.94. The van der Waals surface area contributed by atoms with E-state index >= 15 is 0 Å². The highest BCUT2D eigenvalue weighted by Crippen LogP contribution is 2.26. The highest BCUT2D eigenvalue weighted by Gasteiger charge is 2.17. The number of methoxy groups -OCH3 is 1. The SMILES string of the molecule is COc1ccc(-c2ncc(C3CCNCC3)[nH]2)cc1. The first kappa shape index (κ1) is 12.2. The van der Waals surface area contributed by atoms with Crippen molar-refractivity contribution in [3.8, 4) is 17.1 Å². The van der Waals surface area contributed by atoms with E-state index in [9.17, 15) is 0 Å². The van der Waals surface area contributed by atoms with Gasteiger partial charge in [-0.05, 0) is 50.2 Å². The number of ether oxygens (including phenoxy) is 1. The molecule has 2 heterocycles. The molecule has 0 atom stereocenters. The van der Waals surface area contributed by atoms with Gasteiger partial charge in [-0.15, -0.1) is 0 Å². The van der Waals surface area contributed by atoms with Crippen molar-refractivity contribution in [2.45, 2.75) is 18.8 Å². The molecule has 4 heteroatoms. The Morgan fingerprint density at radius 3 is 2.58 bits per heavy atom. The molecule has 0 amide bonds. The van der Waals surface area contributed by atoms with Crippen molar-refractivity contribution in [3.63, 3.8) is 0 Å². The van der Waals surface area contributed by atoms with E-state index in [1.807, 2.05) is 30.5 Å². The molecule has 100 valence electrons. The Kier molecular flexibility index (Phi) is 3.51. The van der Waals surface area contributed by atoms with E-state index in [0.29, 0.717) is 5.92 Å². The molecule has 0 aliphatic carbocycles. The Bertz CT molecular complexity index is 527. The van der Waals surface area contributed by atoms with Crippen molar-refractivity contribution in [2.75, 3.05) is 20.2 Å². The van der Waals surface area contributed by atoms with E-state index in [4.69, 9.17) is 4.74 Å². The minimum atomic E-state index is 0.612. The quantitative estimate of drug-likeness (QED) is 0.888. The van der Waals surface area contributed by atoms with E-state index in [2.05, 4.69) is 15.3 Å². The van der Waals surface area contributed by atoms with Gasteiger partial charge in [0, 0.05) is 23.4 Å². The minimum absolute atomic E-state index is 0.612. The van der Waals surface area contributed by atoms with E-state index in [-0.39, 0.29) is 0 Å². The molecule has 1 saturated heterocycles. The maximum atomic E-state index is 5.17. The molecule has 1 aliphatic heterocycles. The minimum Gasteiger partial charge on any atom is -0.497 e. The van der Waals surface area contributed by atoms with Crippen LogP contribution in [0.15, 0.2) is 30.5 Å². The predicted octanol–water partition coefficient (Wildman–Crippen LogP) is 2.55. The number of hydrogen-bond donors (Lipinski definition) is 2. The molecule has 1 fully saturated rings. The normalized spacial score (nSPS) is 16.5. The van der Waals surface area contributed by atoms with Crippen LogP contribution in [-0.4, -0.2) is 30.2 Å². The van der Waals surface area contributed by atoms with Crippen LogP contribution in [0.1, 0.15) is 24.5 Å². The summed E-state index contributed by atoms with van der Waals surface area (Å²) in [5, 5.41) is 3.39. The molecule has 3 rings (SSSR count). The third-order valence-corrected chi connectivity index (χ3v) is 3.74. The number of nitrogens with zero attached hydrogens (tertiary/aromatic N) is 1. The monoisotopic (exact) mass is 257 g/mol. The number of rotatable bonds is 3. The molecule has 0 bridgehead atoms. The first-order valence-electron chi connectivity index (χ1n) is 6.77. The van der Waals surface area contributed by atoms with Crippen LogP contribution in [0.4, 0.5) is 0 Å². The molecule has 1 aliphatic rings. The summed E-state index contributed by atoms with van der Waals surface area (Å²) in [6.07, 6.45) is 4.35. The Morgan fingerprint density at radius 1 is 1.16 bits per heavy atom. The Hall–Kier alpha value is -1.81.